The molecule has 8 heteroatoms. The Morgan fingerprint density at radius 2 is 1.78 bits per heavy atom. The number of rotatable bonds is 7. The van der Waals surface area contributed by atoms with Crippen LogP contribution in [0.3, 0.4) is 0 Å². The average Bonchev–Trinajstić information content (AvgIpc) is 3.45. The van der Waals surface area contributed by atoms with E-state index in [1.165, 1.54) is 18.2 Å². The number of carbonyl (C=O) groups excluding carboxylic acids is 1. The van der Waals surface area contributed by atoms with Crippen molar-refractivity contribution in [2.75, 3.05) is 13.2 Å². The molecule has 27 heavy (non-hydrogen) atoms. The lowest BCUT2D eigenvalue weighted by molar-refractivity contribution is -0.137. The Hall–Kier alpha value is -2.41. The summed E-state index contributed by atoms with van der Waals surface area (Å²) >= 11 is 6.14. The molecule has 4 nitrogen and oxygen atoms in total. The first-order chi connectivity index (χ1) is 12.8. The molecule has 0 unspecified atom stereocenters. The third-order valence-electron chi connectivity index (χ3n) is 3.93. The second-order valence-electron chi connectivity index (χ2n) is 6.13. The smallest absolute Gasteiger partial charge is 0.416 e. The van der Waals surface area contributed by atoms with E-state index in [0.717, 1.165) is 25.0 Å². The summed E-state index contributed by atoms with van der Waals surface area (Å²) < 4.78 is 48.7. The minimum Gasteiger partial charge on any atom is -0.490 e. The Balaban J connectivity index is 1.52. The van der Waals surface area contributed by atoms with Crippen LogP contribution in [-0.2, 0) is 11.0 Å². The largest absolute Gasteiger partial charge is 0.490 e. The summed E-state index contributed by atoms with van der Waals surface area (Å²) in [6, 6.07) is 9.09. The Kier molecular flexibility index (Phi) is 5.79. The number of benzene rings is 2. The number of carbonyl (C=O) groups is 1. The molecule has 144 valence electrons. The van der Waals surface area contributed by atoms with E-state index in [-0.39, 0.29) is 24.2 Å². The number of nitrogens with one attached hydrogen (secondary N) is 1. The third-order valence-corrected chi connectivity index (χ3v) is 4.22. The zero-order valence-electron chi connectivity index (χ0n) is 14.2. The van der Waals surface area contributed by atoms with Gasteiger partial charge in [-0.3, -0.25) is 4.79 Å². The van der Waals surface area contributed by atoms with Crippen molar-refractivity contribution in [3.8, 4) is 17.2 Å². The zero-order valence-corrected chi connectivity index (χ0v) is 14.9. The second kappa shape index (κ2) is 8.08. The highest BCUT2D eigenvalue weighted by Crippen LogP contribution is 2.34. The van der Waals surface area contributed by atoms with Crippen LogP contribution in [0.25, 0.3) is 0 Å². The molecule has 1 aliphatic rings. The van der Waals surface area contributed by atoms with Crippen LogP contribution in [0.5, 0.6) is 17.2 Å². The topological polar surface area (TPSA) is 47.6 Å². The van der Waals surface area contributed by atoms with Crippen molar-refractivity contribution in [1.29, 1.82) is 0 Å². The van der Waals surface area contributed by atoms with E-state index < -0.39 is 11.7 Å². The molecule has 0 radical (unpaired) electrons. The molecule has 1 amide bonds. The SMILES string of the molecule is O=C(NCCOc1ccc(Oc2ccc(C(F)(F)F)cc2)cc1Cl)C1CC1. The van der Waals surface area contributed by atoms with Gasteiger partial charge in [0.15, 0.2) is 0 Å². The molecule has 0 heterocycles. The summed E-state index contributed by atoms with van der Waals surface area (Å²) in [5.41, 5.74) is -0.745. The molecule has 0 atom stereocenters. The van der Waals surface area contributed by atoms with Crippen LogP contribution >= 0.6 is 11.6 Å². The van der Waals surface area contributed by atoms with Crippen molar-refractivity contribution in [3.05, 3.63) is 53.1 Å². The zero-order chi connectivity index (χ0) is 19.4. The van der Waals surface area contributed by atoms with Crippen LogP contribution in [0.2, 0.25) is 5.02 Å². The van der Waals surface area contributed by atoms with Crippen LogP contribution < -0.4 is 14.8 Å². The quantitative estimate of drug-likeness (QED) is 0.662. The van der Waals surface area contributed by atoms with Crippen molar-refractivity contribution in [1.82, 2.24) is 5.32 Å². The van der Waals surface area contributed by atoms with E-state index in [0.29, 0.717) is 23.1 Å². The first-order valence-electron chi connectivity index (χ1n) is 8.38. The highest BCUT2D eigenvalue weighted by atomic mass is 35.5. The van der Waals surface area contributed by atoms with Gasteiger partial charge in [-0.05, 0) is 49.2 Å². The lowest BCUT2D eigenvalue weighted by atomic mass is 10.2. The molecule has 3 rings (SSSR count). The second-order valence-corrected chi connectivity index (χ2v) is 6.54. The van der Waals surface area contributed by atoms with Gasteiger partial charge in [0.2, 0.25) is 5.91 Å². The average molecular weight is 400 g/mol. The summed E-state index contributed by atoms with van der Waals surface area (Å²) in [5.74, 6) is 1.25. The lowest BCUT2D eigenvalue weighted by Gasteiger charge is -2.12. The van der Waals surface area contributed by atoms with Crippen molar-refractivity contribution in [2.24, 2.45) is 5.92 Å². The van der Waals surface area contributed by atoms with E-state index in [1.807, 2.05) is 0 Å². The van der Waals surface area contributed by atoms with Gasteiger partial charge in [0, 0.05) is 12.0 Å². The van der Waals surface area contributed by atoms with E-state index in [2.05, 4.69) is 5.32 Å². The highest BCUT2D eigenvalue weighted by molar-refractivity contribution is 6.32. The molecule has 2 aromatic rings. The van der Waals surface area contributed by atoms with Crippen LogP contribution in [0.4, 0.5) is 13.2 Å². The Labute approximate surface area is 159 Å². The normalized spacial score (nSPS) is 13.9. The molecule has 1 aliphatic carbocycles. The molecular weight excluding hydrogens is 383 g/mol. The van der Waals surface area contributed by atoms with Crippen molar-refractivity contribution >= 4 is 17.5 Å². The van der Waals surface area contributed by atoms with E-state index >= 15 is 0 Å². The summed E-state index contributed by atoms with van der Waals surface area (Å²) in [5, 5.41) is 3.08. The highest BCUT2D eigenvalue weighted by Gasteiger charge is 2.30. The first kappa shape index (κ1) is 19.4. The summed E-state index contributed by atoms with van der Waals surface area (Å²) in [4.78, 5) is 11.5. The third kappa shape index (κ3) is 5.53. The van der Waals surface area contributed by atoms with Gasteiger partial charge >= 0.3 is 6.18 Å². The minimum absolute atomic E-state index is 0.0463. The summed E-state index contributed by atoms with van der Waals surface area (Å²) in [7, 11) is 0. The van der Waals surface area contributed by atoms with Gasteiger partial charge in [0.05, 0.1) is 17.1 Å². The van der Waals surface area contributed by atoms with Gasteiger partial charge in [0.1, 0.15) is 23.9 Å². The fourth-order valence-corrected chi connectivity index (χ4v) is 2.56. The van der Waals surface area contributed by atoms with E-state index in [4.69, 9.17) is 21.1 Å². The summed E-state index contributed by atoms with van der Waals surface area (Å²) in [6.45, 7) is 0.659. The van der Waals surface area contributed by atoms with Gasteiger partial charge in [-0.25, -0.2) is 0 Å². The molecule has 0 spiro atoms. The molecule has 0 saturated heterocycles. The maximum atomic E-state index is 12.6. The lowest BCUT2D eigenvalue weighted by Crippen LogP contribution is -2.29. The fraction of sp³-hybridized carbons (Fsp3) is 0.316. The standard InChI is InChI=1S/C19H17ClF3NO3/c20-16-11-15(27-14-5-3-13(4-6-14)19(21,22)23)7-8-17(16)26-10-9-24-18(25)12-1-2-12/h3-8,11-12H,1-2,9-10H2,(H,24,25). The minimum atomic E-state index is -4.39. The number of alkyl halides is 3. The molecule has 1 saturated carbocycles. The maximum Gasteiger partial charge on any atom is 0.416 e. The van der Waals surface area contributed by atoms with Crippen LogP contribution in [0.1, 0.15) is 18.4 Å². The van der Waals surface area contributed by atoms with Crippen LogP contribution in [0.15, 0.2) is 42.5 Å². The Morgan fingerprint density at radius 3 is 2.37 bits per heavy atom. The van der Waals surface area contributed by atoms with Gasteiger partial charge < -0.3 is 14.8 Å². The van der Waals surface area contributed by atoms with Crippen LogP contribution in [0, 0.1) is 5.92 Å². The molecule has 2 aromatic carbocycles. The van der Waals surface area contributed by atoms with Gasteiger partial charge in [0.25, 0.3) is 0 Å². The molecule has 1 N–H and O–H groups in total. The van der Waals surface area contributed by atoms with E-state index in [9.17, 15) is 18.0 Å². The van der Waals surface area contributed by atoms with Gasteiger partial charge in [-0.15, -0.1) is 0 Å². The van der Waals surface area contributed by atoms with Crippen molar-refractivity contribution in [2.45, 2.75) is 19.0 Å². The predicted octanol–water partition coefficient (Wildman–Crippen LogP) is 5.06. The maximum absolute atomic E-state index is 12.6. The fourth-order valence-electron chi connectivity index (χ4n) is 2.34. The molecule has 0 aliphatic heterocycles. The molecule has 0 bridgehead atoms. The van der Waals surface area contributed by atoms with Gasteiger partial charge in [-0.2, -0.15) is 13.2 Å². The number of hydrogen-bond acceptors (Lipinski definition) is 3. The summed E-state index contributed by atoms with van der Waals surface area (Å²) in [6.07, 6.45) is -2.50. The molecule has 0 aromatic heterocycles. The molecule has 1 fully saturated rings. The van der Waals surface area contributed by atoms with Gasteiger partial charge in [-0.1, -0.05) is 11.6 Å². The monoisotopic (exact) mass is 399 g/mol. The number of ether oxygens (including phenoxy) is 2. The predicted molar refractivity (Wildman–Crippen MR) is 94.2 cm³/mol. The number of halogens is 4. The Morgan fingerprint density at radius 1 is 1.11 bits per heavy atom. The Bertz CT molecular complexity index is 805. The van der Waals surface area contributed by atoms with Crippen molar-refractivity contribution in [3.63, 3.8) is 0 Å². The van der Waals surface area contributed by atoms with Crippen LogP contribution in [-0.4, -0.2) is 19.1 Å². The van der Waals surface area contributed by atoms with E-state index in [1.54, 1.807) is 12.1 Å². The molecular formula is C19H17ClF3NO3. The first-order valence-corrected chi connectivity index (χ1v) is 8.76. The number of hydrogen-bond donors (Lipinski definition) is 1. The van der Waals surface area contributed by atoms with Crippen molar-refractivity contribution < 1.29 is 27.4 Å². The number of amides is 1.